The van der Waals surface area contributed by atoms with Gasteiger partial charge in [-0.2, -0.15) is 5.10 Å². The normalized spacial score (nSPS) is 10.8. The molecule has 0 fully saturated rings. The van der Waals surface area contributed by atoms with Crippen molar-refractivity contribution in [1.82, 2.24) is 9.61 Å². The van der Waals surface area contributed by atoms with Crippen LogP contribution in [0.15, 0.2) is 54.9 Å². The Morgan fingerprint density at radius 1 is 1.11 bits per heavy atom. The Morgan fingerprint density at radius 3 is 2.63 bits per heavy atom. The zero-order valence-electron chi connectivity index (χ0n) is 10.7. The maximum atomic E-state index is 11.4. The third-order valence-electron chi connectivity index (χ3n) is 3.21. The minimum absolute atomic E-state index is 0.0470. The van der Waals surface area contributed by atoms with Crippen LogP contribution in [0.2, 0.25) is 0 Å². The molecular weight excluding hydrogens is 236 g/mol. The van der Waals surface area contributed by atoms with Gasteiger partial charge in [-0.1, -0.05) is 36.4 Å². The van der Waals surface area contributed by atoms with E-state index in [2.05, 4.69) is 23.3 Å². The van der Waals surface area contributed by atoms with Gasteiger partial charge in [0.15, 0.2) is 5.78 Å². The number of benzene rings is 1. The third-order valence-corrected chi connectivity index (χ3v) is 3.21. The number of hydrogen-bond acceptors (Lipinski definition) is 2. The maximum absolute atomic E-state index is 11.4. The molecule has 0 unspecified atom stereocenters. The molecule has 2 heterocycles. The van der Waals surface area contributed by atoms with Crippen molar-refractivity contribution < 1.29 is 4.79 Å². The molecule has 0 radical (unpaired) electrons. The SMILES string of the molecule is CC(=O)c1cnn2cc(Cc3ccccc3)ccc12. The van der Waals surface area contributed by atoms with Crippen molar-refractivity contribution in [2.24, 2.45) is 0 Å². The van der Waals surface area contributed by atoms with E-state index in [-0.39, 0.29) is 5.78 Å². The molecule has 0 aliphatic heterocycles. The molecule has 3 nitrogen and oxygen atoms in total. The van der Waals surface area contributed by atoms with Gasteiger partial charge in [0.1, 0.15) is 0 Å². The smallest absolute Gasteiger partial charge is 0.163 e. The van der Waals surface area contributed by atoms with Crippen molar-refractivity contribution in [3.8, 4) is 0 Å². The van der Waals surface area contributed by atoms with Crippen molar-refractivity contribution in [2.45, 2.75) is 13.3 Å². The minimum Gasteiger partial charge on any atom is -0.294 e. The Balaban J connectivity index is 1.97. The summed E-state index contributed by atoms with van der Waals surface area (Å²) in [7, 11) is 0. The Hall–Kier alpha value is -2.42. The van der Waals surface area contributed by atoms with Crippen LogP contribution in [0.5, 0.6) is 0 Å². The molecule has 0 aliphatic carbocycles. The van der Waals surface area contributed by atoms with Crippen molar-refractivity contribution in [3.05, 3.63) is 71.5 Å². The number of nitrogens with zero attached hydrogens (tertiary/aromatic N) is 2. The topological polar surface area (TPSA) is 34.4 Å². The molecule has 3 rings (SSSR count). The van der Waals surface area contributed by atoms with Crippen LogP contribution in [0.25, 0.3) is 5.52 Å². The molecule has 2 aromatic heterocycles. The predicted molar refractivity (Wildman–Crippen MR) is 74.4 cm³/mol. The number of carbonyl (C=O) groups excluding carboxylic acids is 1. The molecule has 1 aromatic carbocycles. The molecule has 0 bridgehead atoms. The van der Waals surface area contributed by atoms with E-state index < -0.39 is 0 Å². The summed E-state index contributed by atoms with van der Waals surface area (Å²) in [5.74, 6) is 0.0470. The van der Waals surface area contributed by atoms with Crippen LogP contribution in [0.1, 0.15) is 28.4 Å². The molecule has 94 valence electrons. The quantitative estimate of drug-likeness (QED) is 0.669. The lowest BCUT2D eigenvalue weighted by atomic mass is 10.1. The van der Waals surface area contributed by atoms with Crippen LogP contribution >= 0.6 is 0 Å². The van der Waals surface area contributed by atoms with Gasteiger partial charge in [-0.25, -0.2) is 4.52 Å². The highest BCUT2D eigenvalue weighted by molar-refractivity contribution is 6.00. The van der Waals surface area contributed by atoms with Gasteiger partial charge in [-0.05, 0) is 30.5 Å². The average molecular weight is 250 g/mol. The summed E-state index contributed by atoms with van der Waals surface area (Å²) in [5, 5.41) is 4.24. The van der Waals surface area contributed by atoms with Gasteiger partial charge in [-0.15, -0.1) is 0 Å². The largest absolute Gasteiger partial charge is 0.294 e. The molecule has 0 saturated carbocycles. The van der Waals surface area contributed by atoms with E-state index in [0.717, 1.165) is 11.9 Å². The lowest BCUT2D eigenvalue weighted by Crippen LogP contribution is -1.95. The maximum Gasteiger partial charge on any atom is 0.163 e. The van der Waals surface area contributed by atoms with Crippen LogP contribution in [0.4, 0.5) is 0 Å². The number of ketones is 1. The minimum atomic E-state index is 0.0470. The Kier molecular flexibility index (Phi) is 2.88. The summed E-state index contributed by atoms with van der Waals surface area (Å²) in [6.45, 7) is 1.56. The lowest BCUT2D eigenvalue weighted by Gasteiger charge is -2.03. The molecule has 3 heteroatoms. The van der Waals surface area contributed by atoms with Crippen molar-refractivity contribution >= 4 is 11.3 Å². The van der Waals surface area contributed by atoms with E-state index in [4.69, 9.17) is 0 Å². The van der Waals surface area contributed by atoms with Crippen LogP contribution in [-0.4, -0.2) is 15.4 Å². The highest BCUT2D eigenvalue weighted by atomic mass is 16.1. The standard InChI is InChI=1S/C16H14N2O/c1-12(19)15-10-17-18-11-14(7-8-16(15)18)9-13-5-3-2-4-6-13/h2-8,10-11H,9H2,1H3. The second-order valence-electron chi connectivity index (χ2n) is 4.64. The van der Waals surface area contributed by atoms with Crippen LogP contribution in [0, 0.1) is 0 Å². The fourth-order valence-corrected chi connectivity index (χ4v) is 2.23. The first kappa shape index (κ1) is 11.7. The number of fused-ring (bicyclic) bond motifs is 1. The average Bonchev–Trinajstić information content (AvgIpc) is 2.83. The molecular formula is C16H14N2O. The molecule has 3 aromatic rings. The fourth-order valence-electron chi connectivity index (χ4n) is 2.23. The van der Waals surface area contributed by atoms with Gasteiger partial charge in [0.05, 0.1) is 17.3 Å². The Morgan fingerprint density at radius 2 is 1.89 bits per heavy atom. The fraction of sp³-hybridized carbons (Fsp3) is 0.125. The highest BCUT2D eigenvalue weighted by Gasteiger charge is 2.08. The van der Waals surface area contributed by atoms with Gasteiger partial charge in [0, 0.05) is 6.20 Å². The van der Waals surface area contributed by atoms with E-state index in [1.165, 1.54) is 11.1 Å². The summed E-state index contributed by atoms with van der Waals surface area (Å²) in [5.41, 5.74) is 3.98. The molecule has 0 spiro atoms. The van der Waals surface area contributed by atoms with E-state index >= 15 is 0 Å². The second-order valence-corrected chi connectivity index (χ2v) is 4.64. The number of Topliss-reactive ketones (excluding diaryl/α,β-unsaturated/α-hetero) is 1. The van der Waals surface area contributed by atoms with E-state index in [1.54, 1.807) is 17.6 Å². The number of rotatable bonds is 3. The van der Waals surface area contributed by atoms with Crippen molar-refractivity contribution in [1.29, 1.82) is 0 Å². The summed E-state index contributed by atoms with van der Waals surface area (Å²) >= 11 is 0. The molecule has 0 amide bonds. The first-order valence-corrected chi connectivity index (χ1v) is 6.25. The summed E-state index contributed by atoms with van der Waals surface area (Å²) in [6, 6.07) is 14.3. The van der Waals surface area contributed by atoms with Gasteiger partial charge >= 0.3 is 0 Å². The van der Waals surface area contributed by atoms with E-state index in [9.17, 15) is 4.79 Å². The van der Waals surface area contributed by atoms with Crippen molar-refractivity contribution in [2.75, 3.05) is 0 Å². The second kappa shape index (κ2) is 4.69. The highest BCUT2D eigenvalue weighted by Crippen LogP contribution is 2.15. The van der Waals surface area contributed by atoms with Gasteiger partial charge in [-0.3, -0.25) is 4.79 Å². The Bertz CT molecular complexity index is 729. The number of aromatic nitrogens is 2. The van der Waals surface area contributed by atoms with Crippen LogP contribution in [0.3, 0.4) is 0 Å². The lowest BCUT2D eigenvalue weighted by molar-refractivity contribution is 0.101. The first-order chi connectivity index (χ1) is 9.24. The summed E-state index contributed by atoms with van der Waals surface area (Å²) in [6.07, 6.45) is 4.48. The van der Waals surface area contributed by atoms with E-state index in [0.29, 0.717) is 5.56 Å². The van der Waals surface area contributed by atoms with Gasteiger partial charge in [0.25, 0.3) is 0 Å². The summed E-state index contributed by atoms with van der Waals surface area (Å²) < 4.78 is 1.77. The number of hydrogen-bond donors (Lipinski definition) is 0. The zero-order chi connectivity index (χ0) is 13.2. The monoisotopic (exact) mass is 250 g/mol. The van der Waals surface area contributed by atoms with Crippen LogP contribution < -0.4 is 0 Å². The molecule has 19 heavy (non-hydrogen) atoms. The number of pyridine rings is 1. The Labute approximate surface area is 111 Å². The van der Waals surface area contributed by atoms with Gasteiger partial charge in [0.2, 0.25) is 0 Å². The first-order valence-electron chi connectivity index (χ1n) is 6.25. The van der Waals surface area contributed by atoms with Crippen molar-refractivity contribution in [3.63, 3.8) is 0 Å². The summed E-state index contributed by atoms with van der Waals surface area (Å²) in [4.78, 5) is 11.4. The molecule has 0 atom stereocenters. The van der Waals surface area contributed by atoms with E-state index in [1.807, 2.05) is 30.5 Å². The molecule has 0 aliphatic rings. The molecule has 0 N–H and O–H groups in total. The predicted octanol–water partition coefficient (Wildman–Crippen LogP) is 3.13. The zero-order valence-corrected chi connectivity index (χ0v) is 10.7. The number of carbonyl (C=O) groups is 1. The molecule has 0 saturated heterocycles. The third kappa shape index (κ3) is 2.27. The van der Waals surface area contributed by atoms with Crippen LogP contribution in [-0.2, 0) is 6.42 Å². The van der Waals surface area contributed by atoms with Gasteiger partial charge < -0.3 is 0 Å².